The number of benzene rings is 1. The number of hydrogen-bond acceptors (Lipinski definition) is 3. The fourth-order valence-electron chi connectivity index (χ4n) is 1.80. The number of nitrogens with one attached hydrogen (secondary N) is 1. The van der Waals surface area contributed by atoms with Crippen LogP contribution in [0.4, 0.5) is 0 Å². The molecule has 1 heterocycles. The topological polar surface area (TPSA) is 72.9 Å². The molecule has 0 atom stereocenters. The Morgan fingerprint density at radius 2 is 2.14 bits per heavy atom. The van der Waals surface area contributed by atoms with Crippen molar-refractivity contribution < 1.29 is 4.79 Å². The third-order valence-electron chi connectivity index (χ3n) is 3.15. The quantitative estimate of drug-likeness (QED) is 0.888. The van der Waals surface area contributed by atoms with Gasteiger partial charge in [0.25, 0.3) is 5.91 Å². The summed E-state index contributed by atoms with van der Waals surface area (Å²) in [5.41, 5.74) is 6.62. The minimum Gasteiger partial charge on any atom is -0.346 e. The van der Waals surface area contributed by atoms with Crippen LogP contribution in [0.2, 0.25) is 5.02 Å². The smallest absolute Gasteiger partial charge is 0.254 e. The van der Waals surface area contributed by atoms with E-state index in [1.165, 1.54) is 0 Å². The highest BCUT2D eigenvalue weighted by molar-refractivity contribution is 6.31. The van der Waals surface area contributed by atoms with Crippen molar-refractivity contribution in [1.82, 2.24) is 15.1 Å². The zero-order valence-corrected chi connectivity index (χ0v) is 12.9. The maximum absolute atomic E-state index is 12.1. The molecule has 21 heavy (non-hydrogen) atoms. The van der Waals surface area contributed by atoms with Gasteiger partial charge in [0.05, 0.1) is 18.3 Å². The number of carbonyl (C=O) groups excluding carboxylic acids is 1. The van der Waals surface area contributed by atoms with Gasteiger partial charge in [-0.1, -0.05) is 29.8 Å². The Bertz CT molecular complexity index is 636. The van der Waals surface area contributed by atoms with Crippen molar-refractivity contribution in [3.05, 3.63) is 52.8 Å². The number of aromatic nitrogens is 2. The lowest BCUT2D eigenvalue weighted by atomic mass is 10.1. The zero-order valence-electron chi connectivity index (χ0n) is 12.1. The predicted molar refractivity (Wildman–Crippen MR) is 83.4 cm³/mol. The molecule has 1 aromatic carbocycles. The van der Waals surface area contributed by atoms with Gasteiger partial charge in [0.15, 0.2) is 0 Å². The van der Waals surface area contributed by atoms with Gasteiger partial charge in [-0.05, 0) is 25.5 Å². The second-order valence-electron chi connectivity index (χ2n) is 5.56. The molecule has 0 unspecified atom stereocenters. The second kappa shape index (κ2) is 6.28. The molecule has 0 saturated carbocycles. The minimum absolute atomic E-state index is 0.184. The summed E-state index contributed by atoms with van der Waals surface area (Å²) in [6, 6.07) is 7.56. The van der Waals surface area contributed by atoms with Gasteiger partial charge in [-0.15, -0.1) is 0 Å². The highest BCUT2D eigenvalue weighted by Crippen LogP contribution is 2.16. The molecule has 5 nitrogen and oxygen atoms in total. The van der Waals surface area contributed by atoms with E-state index in [0.29, 0.717) is 23.7 Å². The largest absolute Gasteiger partial charge is 0.346 e. The van der Waals surface area contributed by atoms with Crippen molar-refractivity contribution in [3.63, 3.8) is 0 Å². The van der Waals surface area contributed by atoms with Gasteiger partial charge in [0.2, 0.25) is 0 Å². The molecule has 0 bridgehead atoms. The molecule has 0 radical (unpaired) electrons. The van der Waals surface area contributed by atoms with E-state index in [9.17, 15) is 4.79 Å². The van der Waals surface area contributed by atoms with Crippen LogP contribution in [0.15, 0.2) is 36.7 Å². The first-order chi connectivity index (χ1) is 9.91. The molecule has 1 amide bonds. The first-order valence-electron chi connectivity index (χ1n) is 6.70. The monoisotopic (exact) mass is 306 g/mol. The summed E-state index contributed by atoms with van der Waals surface area (Å²) in [4.78, 5) is 12.1. The molecule has 6 heteroatoms. The molecule has 2 aromatic rings. The lowest BCUT2D eigenvalue weighted by Crippen LogP contribution is -2.48. The summed E-state index contributed by atoms with van der Waals surface area (Å²) < 4.78 is 1.69. The van der Waals surface area contributed by atoms with E-state index in [0.717, 1.165) is 5.56 Å². The summed E-state index contributed by atoms with van der Waals surface area (Å²) in [6.45, 7) is 4.64. The molecular weight excluding hydrogens is 288 g/mol. The highest BCUT2D eigenvalue weighted by atomic mass is 35.5. The number of amides is 1. The van der Waals surface area contributed by atoms with Crippen molar-refractivity contribution in [2.24, 2.45) is 5.73 Å². The van der Waals surface area contributed by atoms with Crippen molar-refractivity contribution in [3.8, 4) is 0 Å². The van der Waals surface area contributed by atoms with Crippen molar-refractivity contribution >= 4 is 17.5 Å². The van der Waals surface area contributed by atoms with Gasteiger partial charge < -0.3 is 11.1 Å². The van der Waals surface area contributed by atoms with Gasteiger partial charge >= 0.3 is 0 Å². The SMILES string of the molecule is CC(C)(CN)NC(=O)c1cnn(Cc2ccccc2Cl)c1. The van der Waals surface area contributed by atoms with Gasteiger partial charge in [-0.25, -0.2) is 0 Å². The normalized spacial score (nSPS) is 11.4. The maximum atomic E-state index is 12.1. The molecule has 0 spiro atoms. The van der Waals surface area contributed by atoms with Crippen LogP contribution >= 0.6 is 11.6 Å². The fourth-order valence-corrected chi connectivity index (χ4v) is 1.99. The van der Waals surface area contributed by atoms with E-state index >= 15 is 0 Å². The van der Waals surface area contributed by atoms with Crippen molar-refractivity contribution in [2.45, 2.75) is 25.9 Å². The average Bonchev–Trinajstić information content (AvgIpc) is 2.90. The second-order valence-corrected chi connectivity index (χ2v) is 5.97. The lowest BCUT2D eigenvalue weighted by Gasteiger charge is -2.23. The number of rotatable bonds is 5. The van der Waals surface area contributed by atoms with Crippen LogP contribution in [0.25, 0.3) is 0 Å². The van der Waals surface area contributed by atoms with Crippen LogP contribution in [0, 0.1) is 0 Å². The Balaban J connectivity index is 2.08. The number of nitrogens with zero attached hydrogens (tertiary/aromatic N) is 2. The third-order valence-corrected chi connectivity index (χ3v) is 3.52. The first-order valence-corrected chi connectivity index (χ1v) is 7.07. The molecular formula is C15H19ClN4O. The Kier molecular flexibility index (Phi) is 4.65. The van der Waals surface area contributed by atoms with E-state index < -0.39 is 5.54 Å². The van der Waals surface area contributed by atoms with E-state index in [1.54, 1.807) is 17.1 Å². The molecule has 112 valence electrons. The average molecular weight is 307 g/mol. The van der Waals surface area contributed by atoms with Gasteiger partial charge in [0.1, 0.15) is 0 Å². The van der Waals surface area contributed by atoms with E-state index in [4.69, 9.17) is 17.3 Å². The molecule has 0 aliphatic rings. The Labute approximate surface area is 129 Å². The fraction of sp³-hybridized carbons (Fsp3) is 0.333. The number of hydrogen-bond donors (Lipinski definition) is 2. The van der Waals surface area contributed by atoms with E-state index in [1.807, 2.05) is 38.1 Å². The van der Waals surface area contributed by atoms with Gasteiger partial charge in [0, 0.05) is 23.3 Å². The molecule has 0 saturated heterocycles. The standard InChI is InChI=1S/C15H19ClN4O/c1-15(2,10-17)19-14(21)12-7-18-20(9-12)8-11-5-3-4-6-13(11)16/h3-7,9H,8,10,17H2,1-2H3,(H,19,21). The number of nitrogens with two attached hydrogens (primary N) is 1. The maximum Gasteiger partial charge on any atom is 0.254 e. The van der Waals surface area contributed by atoms with Gasteiger partial charge in [-0.3, -0.25) is 9.48 Å². The summed E-state index contributed by atoms with van der Waals surface area (Å²) in [5.74, 6) is -0.184. The molecule has 2 rings (SSSR count). The van der Waals surface area contributed by atoms with Crippen LogP contribution in [0.3, 0.4) is 0 Å². The Morgan fingerprint density at radius 1 is 1.43 bits per heavy atom. The van der Waals surface area contributed by atoms with E-state index in [-0.39, 0.29) is 5.91 Å². The Morgan fingerprint density at radius 3 is 2.81 bits per heavy atom. The summed E-state index contributed by atoms with van der Waals surface area (Å²) in [7, 11) is 0. The highest BCUT2D eigenvalue weighted by Gasteiger charge is 2.20. The predicted octanol–water partition coefficient (Wildman–Crippen LogP) is 2.05. The molecule has 0 aliphatic heterocycles. The first kappa shape index (κ1) is 15.5. The summed E-state index contributed by atoms with van der Waals surface area (Å²) in [5, 5.41) is 7.75. The molecule has 0 fully saturated rings. The Hall–Kier alpha value is -1.85. The van der Waals surface area contributed by atoms with Crippen molar-refractivity contribution in [2.75, 3.05) is 6.54 Å². The number of carbonyl (C=O) groups is 1. The van der Waals surface area contributed by atoms with Crippen LogP contribution in [0.1, 0.15) is 29.8 Å². The van der Waals surface area contributed by atoms with Crippen LogP contribution in [0.5, 0.6) is 0 Å². The minimum atomic E-state index is -0.443. The molecule has 0 aliphatic carbocycles. The van der Waals surface area contributed by atoms with E-state index in [2.05, 4.69) is 10.4 Å². The number of halogens is 1. The van der Waals surface area contributed by atoms with Crippen LogP contribution in [-0.2, 0) is 6.54 Å². The summed E-state index contributed by atoms with van der Waals surface area (Å²) >= 11 is 6.12. The van der Waals surface area contributed by atoms with Crippen LogP contribution in [-0.4, -0.2) is 27.8 Å². The molecule has 3 N–H and O–H groups in total. The van der Waals surface area contributed by atoms with Gasteiger partial charge in [-0.2, -0.15) is 5.10 Å². The third kappa shape index (κ3) is 4.06. The lowest BCUT2D eigenvalue weighted by molar-refractivity contribution is 0.0915. The van der Waals surface area contributed by atoms with Crippen LogP contribution < -0.4 is 11.1 Å². The molecule has 1 aromatic heterocycles. The van der Waals surface area contributed by atoms with Crippen molar-refractivity contribution in [1.29, 1.82) is 0 Å². The zero-order chi connectivity index (χ0) is 15.5. The summed E-state index contributed by atoms with van der Waals surface area (Å²) in [6.07, 6.45) is 3.24.